The first-order valence-corrected chi connectivity index (χ1v) is 9.33. The third kappa shape index (κ3) is 5.15. The molecule has 0 bridgehead atoms. The van der Waals surface area contributed by atoms with Crippen molar-refractivity contribution in [3.8, 4) is 11.1 Å². The number of aromatic nitrogens is 2. The molecule has 3 rings (SSSR count). The van der Waals surface area contributed by atoms with Crippen LogP contribution in [0.25, 0.3) is 22.0 Å². The largest absolute Gasteiger partial charge is 0.760 e. The summed E-state index contributed by atoms with van der Waals surface area (Å²) in [4.78, 5) is 3.97. The summed E-state index contributed by atoms with van der Waals surface area (Å²) in [5, 5.41) is 0.813. The Kier molecular flexibility index (Phi) is 5.93. The number of alkyl halides is 3. The van der Waals surface area contributed by atoms with Gasteiger partial charge in [0.1, 0.15) is 0 Å². The van der Waals surface area contributed by atoms with E-state index in [1.807, 2.05) is 30.3 Å². The van der Waals surface area contributed by atoms with Gasteiger partial charge in [-0.05, 0) is 41.3 Å². The molecule has 27 heavy (non-hydrogen) atoms. The normalized spacial score (nSPS) is 13.2. The second kappa shape index (κ2) is 8.20. The summed E-state index contributed by atoms with van der Waals surface area (Å²) >= 11 is -2.37. The van der Waals surface area contributed by atoms with E-state index in [1.165, 1.54) is 0 Å². The van der Waals surface area contributed by atoms with Gasteiger partial charge in [0.15, 0.2) is 0 Å². The number of hydrogen-bond donors (Lipinski definition) is 1. The summed E-state index contributed by atoms with van der Waals surface area (Å²) in [6, 6.07) is 9.27. The number of pyridine rings is 1. The van der Waals surface area contributed by atoms with E-state index in [1.54, 1.807) is 23.2 Å². The standard InChI is InChI=1S/C18H18F3N3O2S/c19-18(20,21)6-10-24-12-15(5-9-23-27(25)26)16-2-1-14(11-17(16)24)13-3-7-22-8-4-13/h1-4,7-8,11-12,23H,5-6,9-10H2,(H,25,26)/p-1. The molecule has 0 spiro atoms. The lowest BCUT2D eigenvalue weighted by atomic mass is 10.0. The highest BCUT2D eigenvalue weighted by Gasteiger charge is 2.27. The van der Waals surface area contributed by atoms with Crippen molar-refractivity contribution < 1.29 is 21.9 Å². The predicted octanol–water partition coefficient (Wildman–Crippen LogP) is 3.58. The van der Waals surface area contributed by atoms with Crippen LogP contribution in [0.3, 0.4) is 0 Å². The molecule has 9 heteroatoms. The Balaban J connectivity index is 1.97. The third-order valence-corrected chi connectivity index (χ3v) is 4.67. The zero-order valence-corrected chi connectivity index (χ0v) is 15.0. The molecule has 0 saturated heterocycles. The van der Waals surface area contributed by atoms with Crippen molar-refractivity contribution in [1.29, 1.82) is 0 Å². The molecule has 1 aromatic carbocycles. The lowest BCUT2D eigenvalue weighted by Gasteiger charge is -2.09. The lowest BCUT2D eigenvalue weighted by molar-refractivity contribution is -0.136. The third-order valence-electron chi connectivity index (χ3n) is 4.23. The van der Waals surface area contributed by atoms with Gasteiger partial charge in [-0.3, -0.25) is 9.19 Å². The second-order valence-corrected chi connectivity index (χ2v) is 6.82. The molecule has 2 heterocycles. The van der Waals surface area contributed by atoms with Crippen LogP contribution in [0.1, 0.15) is 12.0 Å². The Labute approximate surface area is 156 Å². The molecule has 1 atom stereocenters. The molecule has 1 N–H and O–H groups in total. The fraction of sp³-hybridized carbons (Fsp3) is 0.278. The first-order chi connectivity index (χ1) is 12.8. The molecule has 2 aromatic heterocycles. The van der Waals surface area contributed by atoms with Crippen LogP contribution in [0.15, 0.2) is 48.9 Å². The minimum Gasteiger partial charge on any atom is -0.760 e. The van der Waals surface area contributed by atoms with Gasteiger partial charge < -0.3 is 9.12 Å². The second-order valence-electron chi connectivity index (χ2n) is 6.06. The molecule has 0 aliphatic heterocycles. The van der Waals surface area contributed by atoms with E-state index in [4.69, 9.17) is 0 Å². The number of fused-ring (bicyclic) bond motifs is 1. The fourth-order valence-electron chi connectivity index (χ4n) is 2.99. The maximum atomic E-state index is 12.7. The first-order valence-electron chi connectivity index (χ1n) is 8.25. The van der Waals surface area contributed by atoms with E-state index >= 15 is 0 Å². The minimum absolute atomic E-state index is 0.181. The monoisotopic (exact) mass is 396 g/mol. The number of halogens is 3. The van der Waals surface area contributed by atoms with Gasteiger partial charge in [0, 0.05) is 53.8 Å². The SMILES string of the molecule is O=S([O-])NCCc1cn(CCC(F)(F)F)c2cc(-c3ccncc3)ccc12. The molecule has 3 aromatic rings. The maximum Gasteiger partial charge on any atom is 0.390 e. The molecule has 1 unspecified atom stereocenters. The van der Waals surface area contributed by atoms with Gasteiger partial charge in [-0.2, -0.15) is 13.2 Å². The molecule has 0 radical (unpaired) electrons. The smallest absolute Gasteiger partial charge is 0.390 e. The van der Waals surface area contributed by atoms with E-state index < -0.39 is 23.9 Å². The Morgan fingerprint density at radius 1 is 1.15 bits per heavy atom. The van der Waals surface area contributed by atoms with Gasteiger partial charge in [0.25, 0.3) is 0 Å². The number of hydrogen-bond acceptors (Lipinski definition) is 3. The van der Waals surface area contributed by atoms with Crippen molar-refractivity contribution in [2.75, 3.05) is 6.54 Å². The van der Waals surface area contributed by atoms with E-state index in [2.05, 4.69) is 9.71 Å². The van der Waals surface area contributed by atoms with Crippen LogP contribution in [0.2, 0.25) is 0 Å². The number of nitrogens with zero attached hydrogens (tertiary/aromatic N) is 2. The molecule has 144 valence electrons. The Hall–Kier alpha value is -2.23. The molecule has 5 nitrogen and oxygen atoms in total. The predicted molar refractivity (Wildman–Crippen MR) is 96.5 cm³/mol. The zero-order chi connectivity index (χ0) is 19.4. The van der Waals surface area contributed by atoms with E-state index in [0.717, 1.165) is 22.1 Å². The molecule has 0 amide bonds. The molecule has 0 saturated carbocycles. The first kappa shape index (κ1) is 19.5. The topological polar surface area (TPSA) is 70.0 Å². The summed E-state index contributed by atoms with van der Waals surface area (Å²) < 4.78 is 63.2. The van der Waals surface area contributed by atoms with Crippen molar-refractivity contribution in [3.63, 3.8) is 0 Å². The van der Waals surface area contributed by atoms with Crippen LogP contribution in [-0.4, -0.2) is 31.0 Å². The van der Waals surface area contributed by atoms with Crippen molar-refractivity contribution in [2.24, 2.45) is 0 Å². The van der Waals surface area contributed by atoms with Crippen molar-refractivity contribution >= 4 is 22.2 Å². The Morgan fingerprint density at radius 3 is 2.56 bits per heavy atom. The van der Waals surface area contributed by atoms with E-state index in [-0.39, 0.29) is 13.1 Å². The summed E-state index contributed by atoms with van der Waals surface area (Å²) in [6.07, 6.45) is 0.185. The van der Waals surface area contributed by atoms with E-state index in [9.17, 15) is 21.9 Å². The molecular formula is C18H17F3N3O2S-. The molecular weight excluding hydrogens is 379 g/mol. The Bertz CT molecular complexity index is 942. The van der Waals surface area contributed by atoms with Crippen molar-refractivity contribution in [3.05, 3.63) is 54.5 Å². The number of aryl methyl sites for hydroxylation is 1. The number of rotatable bonds is 7. The molecule has 0 aliphatic carbocycles. The summed E-state index contributed by atoms with van der Waals surface area (Å²) in [7, 11) is 0. The van der Waals surface area contributed by atoms with Crippen LogP contribution >= 0.6 is 0 Å². The van der Waals surface area contributed by atoms with Crippen LogP contribution in [0.5, 0.6) is 0 Å². The van der Waals surface area contributed by atoms with Crippen molar-refractivity contribution in [1.82, 2.24) is 14.3 Å². The average Bonchev–Trinajstić information content (AvgIpc) is 2.97. The van der Waals surface area contributed by atoms with E-state index in [0.29, 0.717) is 11.9 Å². The summed E-state index contributed by atoms with van der Waals surface area (Å²) in [5.74, 6) is 0. The minimum atomic E-state index is -4.25. The van der Waals surface area contributed by atoms with Crippen molar-refractivity contribution in [2.45, 2.75) is 25.6 Å². The van der Waals surface area contributed by atoms with Gasteiger partial charge in [-0.25, -0.2) is 4.72 Å². The van der Waals surface area contributed by atoms with Crippen LogP contribution in [0.4, 0.5) is 13.2 Å². The average molecular weight is 396 g/mol. The highest BCUT2D eigenvalue weighted by atomic mass is 32.2. The van der Waals surface area contributed by atoms with Crippen LogP contribution in [0, 0.1) is 0 Å². The van der Waals surface area contributed by atoms with Gasteiger partial charge >= 0.3 is 6.18 Å². The highest BCUT2D eigenvalue weighted by Crippen LogP contribution is 2.29. The summed E-state index contributed by atoms with van der Waals surface area (Å²) in [5.41, 5.74) is 3.28. The van der Waals surface area contributed by atoms with Crippen LogP contribution < -0.4 is 4.72 Å². The fourth-order valence-corrected chi connectivity index (χ4v) is 3.26. The van der Waals surface area contributed by atoms with Gasteiger partial charge in [-0.15, -0.1) is 0 Å². The van der Waals surface area contributed by atoms with Gasteiger partial charge in [-0.1, -0.05) is 12.1 Å². The molecule has 0 aliphatic rings. The molecule has 0 fully saturated rings. The van der Waals surface area contributed by atoms with Gasteiger partial charge in [0.05, 0.1) is 6.42 Å². The maximum absolute atomic E-state index is 12.7. The highest BCUT2D eigenvalue weighted by molar-refractivity contribution is 7.77. The lowest BCUT2D eigenvalue weighted by Crippen LogP contribution is -2.19. The quantitative estimate of drug-likeness (QED) is 0.621. The number of nitrogens with one attached hydrogen (secondary N) is 1. The van der Waals surface area contributed by atoms with Gasteiger partial charge in [0.2, 0.25) is 0 Å². The zero-order valence-electron chi connectivity index (χ0n) is 14.2. The Morgan fingerprint density at radius 2 is 1.89 bits per heavy atom. The summed E-state index contributed by atoms with van der Waals surface area (Å²) in [6.45, 7) is -0.0126. The number of benzene rings is 1. The van der Waals surface area contributed by atoms with Crippen LogP contribution in [-0.2, 0) is 24.2 Å².